The third kappa shape index (κ3) is 2.80. The number of aromatic amines is 2. The van der Waals surface area contributed by atoms with Crippen LogP contribution in [-0.2, 0) is 0 Å². The van der Waals surface area contributed by atoms with E-state index in [2.05, 4.69) is 20.5 Å². The number of aromatic nitrogens is 4. The maximum atomic E-state index is 11.7. The fourth-order valence-electron chi connectivity index (χ4n) is 1.16. The Morgan fingerprint density at radius 3 is 2.61 bits per heavy atom. The van der Waals surface area contributed by atoms with E-state index in [1.165, 1.54) is 12.1 Å². The summed E-state index contributed by atoms with van der Waals surface area (Å²) in [4.78, 5) is 37.8. The van der Waals surface area contributed by atoms with E-state index in [4.69, 9.17) is 11.6 Å². The van der Waals surface area contributed by atoms with Gasteiger partial charge >= 0.3 is 5.69 Å². The van der Waals surface area contributed by atoms with Crippen molar-refractivity contribution in [2.75, 3.05) is 5.32 Å². The zero-order valence-corrected chi connectivity index (χ0v) is 9.49. The Morgan fingerprint density at radius 2 is 2.00 bits per heavy atom. The molecule has 0 spiro atoms. The van der Waals surface area contributed by atoms with Gasteiger partial charge in [0, 0.05) is 6.07 Å². The minimum absolute atomic E-state index is 0.144. The van der Waals surface area contributed by atoms with Crippen LogP contribution in [-0.4, -0.2) is 26.1 Å². The summed E-state index contributed by atoms with van der Waals surface area (Å²) >= 11 is 5.53. The number of nitrogens with zero attached hydrogens (tertiary/aromatic N) is 2. The number of H-pyrrole nitrogens is 2. The lowest BCUT2D eigenvalue weighted by molar-refractivity contribution is 0.102. The van der Waals surface area contributed by atoms with Gasteiger partial charge in [-0.3, -0.25) is 14.6 Å². The van der Waals surface area contributed by atoms with Crippen LogP contribution in [0.15, 0.2) is 27.8 Å². The molecule has 0 bridgehead atoms. The van der Waals surface area contributed by atoms with Crippen LogP contribution in [0.5, 0.6) is 0 Å². The first-order valence-corrected chi connectivity index (χ1v) is 5.06. The molecule has 9 heteroatoms. The molecule has 3 N–H and O–H groups in total. The highest BCUT2D eigenvalue weighted by Crippen LogP contribution is 2.06. The van der Waals surface area contributed by atoms with Crippen LogP contribution < -0.4 is 16.6 Å². The van der Waals surface area contributed by atoms with Crippen molar-refractivity contribution in [1.82, 2.24) is 20.2 Å². The van der Waals surface area contributed by atoms with Gasteiger partial charge in [-0.2, -0.15) is 0 Å². The van der Waals surface area contributed by atoms with E-state index in [9.17, 15) is 14.4 Å². The number of nitrogens with one attached hydrogen (secondary N) is 3. The van der Waals surface area contributed by atoms with Crippen LogP contribution >= 0.6 is 11.6 Å². The third-order valence-corrected chi connectivity index (χ3v) is 2.08. The number of carbonyl (C=O) groups is 1. The Labute approximate surface area is 104 Å². The number of hydrogen-bond acceptors (Lipinski definition) is 5. The lowest BCUT2D eigenvalue weighted by Crippen LogP contribution is -2.27. The summed E-state index contributed by atoms with van der Waals surface area (Å²) in [6.45, 7) is 0. The molecule has 0 saturated heterocycles. The molecule has 2 heterocycles. The molecule has 92 valence electrons. The van der Waals surface area contributed by atoms with Gasteiger partial charge in [0.15, 0.2) is 11.0 Å². The van der Waals surface area contributed by atoms with Crippen LogP contribution in [0.2, 0.25) is 5.15 Å². The predicted octanol–water partition coefficient (Wildman–Crippen LogP) is -0.241. The lowest BCUT2D eigenvalue weighted by atomic mass is 10.4. The topological polar surface area (TPSA) is 121 Å². The molecule has 0 unspecified atom stereocenters. The van der Waals surface area contributed by atoms with Crippen LogP contribution in [0.25, 0.3) is 0 Å². The number of amides is 1. The second-order valence-electron chi connectivity index (χ2n) is 3.20. The van der Waals surface area contributed by atoms with E-state index in [0.717, 1.165) is 6.07 Å². The molecular formula is C9H6ClN5O3. The Bertz CT molecular complexity index is 662. The summed E-state index contributed by atoms with van der Waals surface area (Å²) in [5.41, 5.74) is -1.62. The van der Waals surface area contributed by atoms with Gasteiger partial charge in [-0.05, 0) is 12.1 Å². The second kappa shape index (κ2) is 4.80. The van der Waals surface area contributed by atoms with Crippen molar-refractivity contribution >= 4 is 23.3 Å². The molecule has 2 aromatic heterocycles. The number of carbonyl (C=O) groups excluding carboxylic acids is 1. The number of rotatable bonds is 2. The van der Waals surface area contributed by atoms with E-state index in [1.807, 2.05) is 4.98 Å². The summed E-state index contributed by atoms with van der Waals surface area (Å²) in [6, 6.07) is 3.82. The van der Waals surface area contributed by atoms with Crippen molar-refractivity contribution < 1.29 is 4.79 Å². The second-order valence-corrected chi connectivity index (χ2v) is 3.58. The molecule has 0 aliphatic carbocycles. The minimum Gasteiger partial charge on any atom is -0.304 e. The molecule has 2 rings (SSSR count). The van der Waals surface area contributed by atoms with Crippen molar-refractivity contribution in [3.05, 3.63) is 49.9 Å². The summed E-state index contributed by atoms with van der Waals surface area (Å²) in [5.74, 6) is -0.541. The van der Waals surface area contributed by atoms with Crippen molar-refractivity contribution in [2.45, 2.75) is 0 Å². The minimum atomic E-state index is -0.769. The highest BCUT2D eigenvalue weighted by atomic mass is 35.5. The van der Waals surface area contributed by atoms with Crippen LogP contribution in [0.1, 0.15) is 10.5 Å². The fraction of sp³-hybridized carbons (Fsp3) is 0. The van der Waals surface area contributed by atoms with Gasteiger partial charge in [0.05, 0.1) is 0 Å². The first-order valence-electron chi connectivity index (χ1n) is 4.69. The largest absolute Gasteiger partial charge is 0.326 e. The zero-order valence-electron chi connectivity index (χ0n) is 8.73. The van der Waals surface area contributed by atoms with Gasteiger partial charge in [0.2, 0.25) is 0 Å². The predicted molar refractivity (Wildman–Crippen MR) is 62.7 cm³/mol. The normalized spacial score (nSPS) is 10.1. The molecule has 0 radical (unpaired) electrons. The summed E-state index contributed by atoms with van der Waals surface area (Å²) in [5, 5.41) is 9.64. The molecular weight excluding hydrogens is 262 g/mol. The molecule has 0 saturated carbocycles. The van der Waals surface area contributed by atoms with Crippen molar-refractivity contribution in [3.8, 4) is 0 Å². The molecule has 2 aromatic rings. The van der Waals surface area contributed by atoms with Gasteiger partial charge in [-0.1, -0.05) is 11.6 Å². The van der Waals surface area contributed by atoms with Crippen LogP contribution in [0.3, 0.4) is 0 Å². The van der Waals surface area contributed by atoms with Gasteiger partial charge in [0.25, 0.3) is 11.5 Å². The number of anilines is 1. The van der Waals surface area contributed by atoms with Crippen molar-refractivity contribution in [1.29, 1.82) is 0 Å². The molecule has 1 amide bonds. The highest BCUT2D eigenvalue weighted by Gasteiger charge is 2.09. The smallest absolute Gasteiger partial charge is 0.304 e. The average molecular weight is 268 g/mol. The van der Waals surface area contributed by atoms with Crippen molar-refractivity contribution in [3.63, 3.8) is 0 Å². The van der Waals surface area contributed by atoms with Gasteiger partial charge in [-0.25, -0.2) is 4.79 Å². The third-order valence-electron chi connectivity index (χ3n) is 1.88. The molecule has 0 aliphatic rings. The van der Waals surface area contributed by atoms with Crippen molar-refractivity contribution in [2.24, 2.45) is 0 Å². The lowest BCUT2D eigenvalue weighted by Gasteiger charge is -2.02. The monoisotopic (exact) mass is 267 g/mol. The zero-order chi connectivity index (χ0) is 13.1. The van der Waals surface area contributed by atoms with Gasteiger partial charge in [0.1, 0.15) is 5.69 Å². The summed E-state index contributed by atoms with van der Waals surface area (Å²) in [6.07, 6.45) is 0. The number of hydrogen-bond donors (Lipinski definition) is 3. The fourth-order valence-corrected chi connectivity index (χ4v) is 1.26. The molecule has 0 aliphatic heterocycles. The maximum Gasteiger partial charge on any atom is 0.326 e. The Hall–Kier alpha value is -2.48. The van der Waals surface area contributed by atoms with E-state index in [-0.39, 0.29) is 16.7 Å². The molecule has 8 nitrogen and oxygen atoms in total. The van der Waals surface area contributed by atoms with Gasteiger partial charge in [-0.15, -0.1) is 10.2 Å². The standard InChI is InChI=1S/C9H6ClN5O3/c10-5-1-2-6(15-14-5)12-8(17)4-3-7(16)13-9(18)11-4/h1-3H,(H,12,15,17)(H2,11,13,16,18). The highest BCUT2D eigenvalue weighted by molar-refractivity contribution is 6.29. The SMILES string of the molecule is O=C(Nc1ccc(Cl)nn1)c1cc(=O)[nH]c(=O)[nH]1. The van der Waals surface area contributed by atoms with E-state index in [0.29, 0.717) is 0 Å². The van der Waals surface area contributed by atoms with E-state index >= 15 is 0 Å². The van der Waals surface area contributed by atoms with Crippen LogP contribution in [0.4, 0.5) is 5.82 Å². The molecule has 18 heavy (non-hydrogen) atoms. The molecule has 0 atom stereocenters. The summed E-state index contributed by atoms with van der Waals surface area (Å²) < 4.78 is 0. The number of halogens is 1. The Kier molecular flexibility index (Phi) is 3.20. The first kappa shape index (κ1) is 12.0. The molecule has 0 fully saturated rings. The maximum absolute atomic E-state index is 11.7. The summed E-state index contributed by atoms with van der Waals surface area (Å²) in [7, 11) is 0. The average Bonchev–Trinajstić information content (AvgIpc) is 2.31. The Morgan fingerprint density at radius 1 is 1.22 bits per heavy atom. The van der Waals surface area contributed by atoms with Crippen LogP contribution in [0, 0.1) is 0 Å². The van der Waals surface area contributed by atoms with E-state index in [1.54, 1.807) is 0 Å². The first-order chi connectivity index (χ1) is 8.54. The van der Waals surface area contributed by atoms with Gasteiger partial charge < -0.3 is 10.3 Å². The van der Waals surface area contributed by atoms with E-state index < -0.39 is 17.2 Å². The molecule has 0 aromatic carbocycles. The quantitative estimate of drug-likeness (QED) is 0.693. The Balaban J connectivity index is 2.24.